The Kier molecular flexibility index (Phi) is 4.60. The van der Waals surface area contributed by atoms with Crippen LogP contribution in [0.2, 0.25) is 0 Å². The first-order valence-corrected chi connectivity index (χ1v) is 9.70. The number of rotatable bonds is 5. The van der Waals surface area contributed by atoms with Crippen molar-refractivity contribution in [2.75, 3.05) is 18.0 Å². The Morgan fingerprint density at radius 2 is 2.19 bits per heavy atom. The van der Waals surface area contributed by atoms with Gasteiger partial charge in [-0.2, -0.15) is 5.10 Å². The molecule has 1 aliphatic carbocycles. The van der Waals surface area contributed by atoms with Gasteiger partial charge in [0, 0.05) is 37.2 Å². The Hall–Kier alpha value is -2.09. The summed E-state index contributed by atoms with van der Waals surface area (Å²) in [7, 11) is 0. The van der Waals surface area contributed by atoms with Crippen LogP contribution in [0.4, 0.5) is 5.69 Å². The number of aldehydes is 1. The van der Waals surface area contributed by atoms with Crippen molar-refractivity contribution in [3.8, 4) is 5.75 Å². The zero-order valence-corrected chi connectivity index (χ0v) is 15.9. The van der Waals surface area contributed by atoms with Gasteiger partial charge in [0.1, 0.15) is 11.6 Å². The number of amides is 1. The van der Waals surface area contributed by atoms with E-state index in [1.165, 1.54) is 0 Å². The van der Waals surface area contributed by atoms with E-state index < -0.39 is 6.17 Å². The second kappa shape index (κ2) is 6.90. The average molecular weight is 421 g/mol. The minimum absolute atomic E-state index is 0.112. The van der Waals surface area contributed by atoms with Gasteiger partial charge in [-0.15, -0.1) is 0 Å². The molecule has 1 amide bonds. The van der Waals surface area contributed by atoms with Crippen LogP contribution >= 0.6 is 15.9 Å². The van der Waals surface area contributed by atoms with Crippen LogP contribution in [0.1, 0.15) is 25.7 Å². The fourth-order valence-corrected chi connectivity index (χ4v) is 3.90. The molecule has 1 unspecified atom stereocenters. The Balaban J connectivity index is 1.47. The minimum Gasteiger partial charge on any atom is -0.507 e. The van der Waals surface area contributed by atoms with Crippen molar-refractivity contribution in [3.05, 3.63) is 22.7 Å². The molecular weight excluding hydrogens is 400 g/mol. The maximum Gasteiger partial charge on any atom is 0.225 e. The summed E-state index contributed by atoms with van der Waals surface area (Å²) in [5.74, 6) is 1.74. The largest absolute Gasteiger partial charge is 0.507 e. The number of likely N-dealkylation sites (tertiary alicyclic amines) is 1. The van der Waals surface area contributed by atoms with Gasteiger partial charge in [-0.3, -0.25) is 19.9 Å². The maximum atomic E-state index is 12.2. The lowest BCUT2D eigenvalue weighted by molar-refractivity contribution is -0.131. The van der Waals surface area contributed by atoms with Gasteiger partial charge in [0.2, 0.25) is 5.91 Å². The predicted octanol–water partition coefficient (Wildman–Crippen LogP) is 2.05. The summed E-state index contributed by atoms with van der Waals surface area (Å²) in [6.07, 6.45) is 3.89. The van der Waals surface area contributed by atoms with Crippen LogP contribution in [0.3, 0.4) is 0 Å². The smallest absolute Gasteiger partial charge is 0.225 e. The summed E-state index contributed by atoms with van der Waals surface area (Å²) in [6, 6.07) is 5.19. The zero-order chi connectivity index (χ0) is 18.3. The van der Waals surface area contributed by atoms with Crippen LogP contribution < -0.4 is 10.3 Å². The van der Waals surface area contributed by atoms with E-state index in [0.29, 0.717) is 28.4 Å². The average Bonchev–Trinajstić information content (AvgIpc) is 3.25. The SMILES string of the molecule is O=CC1NN=C(C[C@@H]2CCN(C(=O)C3CC3)C2)N1c1ccc(Br)c(O)c1. The number of benzene rings is 1. The number of hydrogen-bond donors (Lipinski definition) is 2. The van der Waals surface area contributed by atoms with E-state index in [-0.39, 0.29) is 11.7 Å². The van der Waals surface area contributed by atoms with Crippen molar-refractivity contribution < 1.29 is 14.7 Å². The molecule has 138 valence electrons. The van der Waals surface area contributed by atoms with Crippen LogP contribution in [0.25, 0.3) is 0 Å². The summed E-state index contributed by atoms with van der Waals surface area (Å²) in [5.41, 5.74) is 3.55. The van der Waals surface area contributed by atoms with Gasteiger partial charge in [-0.25, -0.2) is 0 Å². The van der Waals surface area contributed by atoms with Crippen molar-refractivity contribution >= 4 is 39.6 Å². The first-order chi connectivity index (χ1) is 12.6. The number of phenolic OH excluding ortho intramolecular Hbond substituents is 1. The standard InChI is InChI=1S/C18H21BrN4O3/c19-14-4-3-13(8-15(14)25)23-16(20-21-17(23)10-24)7-11-5-6-22(9-11)18(26)12-1-2-12/h3-4,8,10-12,17,21,25H,1-2,5-7,9H2/t11-,17?/m0/s1. The molecule has 0 aromatic heterocycles. The molecule has 7 nitrogen and oxygen atoms in total. The Morgan fingerprint density at radius 3 is 2.88 bits per heavy atom. The highest BCUT2D eigenvalue weighted by atomic mass is 79.9. The highest BCUT2D eigenvalue weighted by Gasteiger charge is 2.38. The molecule has 1 saturated carbocycles. The first kappa shape index (κ1) is 17.3. The highest BCUT2D eigenvalue weighted by Crippen LogP contribution is 2.35. The minimum atomic E-state index is -0.587. The molecule has 0 spiro atoms. The number of aromatic hydroxyl groups is 1. The lowest BCUT2D eigenvalue weighted by Crippen LogP contribution is -2.42. The summed E-state index contributed by atoms with van der Waals surface area (Å²) in [6.45, 7) is 1.55. The zero-order valence-electron chi connectivity index (χ0n) is 14.3. The number of amidine groups is 1. The van der Waals surface area contributed by atoms with E-state index >= 15 is 0 Å². The monoisotopic (exact) mass is 420 g/mol. The van der Waals surface area contributed by atoms with E-state index in [4.69, 9.17) is 0 Å². The van der Waals surface area contributed by atoms with Gasteiger partial charge in [-0.1, -0.05) is 0 Å². The quantitative estimate of drug-likeness (QED) is 0.711. The number of phenols is 1. The second-order valence-electron chi connectivity index (χ2n) is 7.16. The third kappa shape index (κ3) is 3.30. The van der Waals surface area contributed by atoms with Crippen LogP contribution in [-0.2, 0) is 9.59 Å². The summed E-state index contributed by atoms with van der Waals surface area (Å²) in [4.78, 5) is 27.5. The molecule has 8 heteroatoms. The summed E-state index contributed by atoms with van der Waals surface area (Å²) < 4.78 is 0.597. The van der Waals surface area contributed by atoms with E-state index in [1.54, 1.807) is 12.1 Å². The maximum absolute atomic E-state index is 12.2. The molecule has 2 fully saturated rings. The third-order valence-corrected chi connectivity index (χ3v) is 5.88. The molecular formula is C18H21BrN4O3. The molecule has 1 aromatic carbocycles. The Morgan fingerprint density at radius 1 is 1.38 bits per heavy atom. The Labute approximate surface area is 160 Å². The third-order valence-electron chi connectivity index (χ3n) is 5.21. The van der Waals surface area contributed by atoms with Gasteiger partial charge in [0.05, 0.1) is 4.47 Å². The van der Waals surface area contributed by atoms with Crippen molar-refractivity contribution in [1.82, 2.24) is 10.3 Å². The summed E-state index contributed by atoms with van der Waals surface area (Å²) >= 11 is 3.27. The number of anilines is 1. The molecule has 2 heterocycles. The number of carbonyl (C=O) groups is 2. The van der Waals surface area contributed by atoms with E-state index in [9.17, 15) is 14.7 Å². The molecule has 2 aliphatic heterocycles. The van der Waals surface area contributed by atoms with Crippen molar-refractivity contribution in [2.45, 2.75) is 31.8 Å². The van der Waals surface area contributed by atoms with Crippen molar-refractivity contribution in [1.29, 1.82) is 0 Å². The second-order valence-corrected chi connectivity index (χ2v) is 8.02. The van der Waals surface area contributed by atoms with Crippen LogP contribution in [0, 0.1) is 11.8 Å². The molecule has 0 bridgehead atoms. The molecule has 0 radical (unpaired) electrons. The van der Waals surface area contributed by atoms with Gasteiger partial charge < -0.3 is 10.0 Å². The number of carbonyl (C=O) groups excluding carboxylic acids is 2. The van der Waals surface area contributed by atoms with Crippen LogP contribution in [0.15, 0.2) is 27.8 Å². The van der Waals surface area contributed by atoms with Crippen LogP contribution in [0.5, 0.6) is 5.75 Å². The number of halogens is 1. The van der Waals surface area contributed by atoms with Gasteiger partial charge in [-0.05, 0) is 53.2 Å². The van der Waals surface area contributed by atoms with Crippen molar-refractivity contribution in [2.24, 2.45) is 16.9 Å². The lowest BCUT2D eigenvalue weighted by atomic mass is 10.0. The van der Waals surface area contributed by atoms with Gasteiger partial charge in [0.25, 0.3) is 0 Å². The van der Waals surface area contributed by atoms with Crippen LogP contribution in [-0.4, -0.2) is 47.3 Å². The molecule has 26 heavy (non-hydrogen) atoms. The van der Waals surface area contributed by atoms with E-state index in [2.05, 4.69) is 26.5 Å². The number of nitrogens with one attached hydrogen (secondary N) is 1. The molecule has 4 rings (SSSR count). The van der Waals surface area contributed by atoms with E-state index in [0.717, 1.165) is 44.5 Å². The van der Waals surface area contributed by atoms with Crippen molar-refractivity contribution in [3.63, 3.8) is 0 Å². The van der Waals surface area contributed by atoms with E-state index in [1.807, 2.05) is 15.9 Å². The molecule has 1 aromatic rings. The molecule has 3 aliphatic rings. The summed E-state index contributed by atoms with van der Waals surface area (Å²) in [5, 5.41) is 14.3. The molecule has 1 saturated heterocycles. The highest BCUT2D eigenvalue weighted by molar-refractivity contribution is 9.10. The topological polar surface area (TPSA) is 85.2 Å². The fourth-order valence-electron chi connectivity index (χ4n) is 3.65. The normalized spacial score (nSPS) is 25.2. The predicted molar refractivity (Wildman–Crippen MR) is 101 cm³/mol. The number of hydrogen-bond acceptors (Lipinski definition) is 6. The molecule has 2 N–H and O–H groups in total. The number of nitrogens with zero attached hydrogens (tertiary/aromatic N) is 3. The van der Waals surface area contributed by atoms with Gasteiger partial charge in [0.15, 0.2) is 12.5 Å². The molecule has 2 atom stereocenters. The fraction of sp³-hybridized carbons (Fsp3) is 0.500. The Bertz CT molecular complexity index is 765. The first-order valence-electron chi connectivity index (χ1n) is 8.90. The van der Waals surface area contributed by atoms with Gasteiger partial charge >= 0.3 is 0 Å². The lowest BCUT2D eigenvalue weighted by Gasteiger charge is -2.25. The number of hydrazone groups is 1.